The number of benzene rings is 1. The Morgan fingerprint density at radius 2 is 2.25 bits per heavy atom. The van der Waals surface area contributed by atoms with Crippen LogP contribution in [0.3, 0.4) is 0 Å². The van der Waals surface area contributed by atoms with Crippen LogP contribution in [0.4, 0.5) is 10.1 Å². The van der Waals surface area contributed by atoms with Crippen LogP contribution in [0.5, 0.6) is 0 Å². The van der Waals surface area contributed by atoms with E-state index in [1.54, 1.807) is 18.3 Å². The summed E-state index contributed by atoms with van der Waals surface area (Å²) in [5.74, 6) is 4.18. The molecule has 1 aromatic carbocycles. The van der Waals surface area contributed by atoms with E-state index >= 15 is 0 Å². The van der Waals surface area contributed by atoms with Crippen LogP contribution in [0.1, 0.15) is 15.9 Å². The lowest BCUT2D eigenvalue weighted by atomic mass is 10.1. The summed E-state index contributed by atoms with van der Waals surface area (Å²) in [7, 11) is 0. The number of rotatable bonds is 2. The maximum atomic E-state index is 13.2. The van der Waals surface area contributed by atoms with Crippen molar-refractivity contribution in [2.75, 3.05) is 11.9 Å². The number of nitrogens with one attached hydrogen (secondary N) is 1. The van der Waals surface area contributed by atoms with Gasteiger partial charge in [-0.15, -0.1) is 0 Å². The van der Waals surface area contributed by atoms with Crippen molar-refractivity contribution >= 4 is 11.6 Å². The van der Waals surface area contributed by atoms with E-state index in [2.05, 4.69) is 22.1 Å². The molecule has 2 N–H and O–H groups in total. The van der Waals surface area contributed by atoms with Crippen molar-refractivity contribution in [1.82, 2.24) is 4.98 Å². The van der Waals surface area contributed by atoms with Gasteiger partial charge in [0.1, 0.15) is 12.4 Å². The second-order valence-corrected chi connectivity index (χ2v) is 3.85. The smallest absolute Gasteiger partial charge is 0.257 e. The third kappa shape index (κ3) is 3.40. The van der Waals surface area contributed by atoms with Gasteiger partial charge in [0, 0.05) is 12.4 Å². The van der Waals surface area contributed by atoms with E-state index < -0.39 is 5.82 Å². The molecule has 20 heavy (non-hydrogen) atoms. The van der Waals surface area contributed by atoms with Crippen LogP contribution in [-0.4, -0.2) is 22.6 Å². The minimum Gasteiger partial charge on any atom is -0.384 e. The summed E-state index contributed by atoms with van der Waals surface area (Å²) in [6.45, 7) is -0.341. The Labute approximate surface area is 115 Å². The Morgan fingerprint density at radius 1 is 1.40 bits per heavy atom. The summed E-state index contributed by atoms with van der Waals surface area (Å²) in [5, 5.41) is 11.3. The first-order valence-corrected chi connectivity index (χ1v) is 5.81. The minimum atomic E-state index is -0.466. The number of halogens is 1. The molecule has 0 unspecified atom stereocenters. The Kier molecular flexibility index (Phi) is 4.43. The standard InChI is InChI=1S/C15H11FN2O2/c16-13-5-6-14(11(9-13)4-2-8-19)18-15(20)12-3-1-7-17-10-12/h1,3,5-7,9-10,19H,8H2,(H,18,20). The van der Waals surface area contributed by atoms with E-state index in [0.29, 0.717) is 16.8 Å². The van der Waals surface area contributed by atoms with Gasteiger partial charge in [-0.2, -0.15) is 0 Å². The fourth-order valence-electron chi connectivity index (χ4n) is 1.56. The van der Waals surface area contributed by atoms with Crippen molar-refractivity contribution in [3.63, 3.8) is 0 Å². The molecule has 1 amide bonds. The van der Waals surface area contributed by atoms with Crippen molar-refractivity contribution in [3.05, 3.63) is 59.7 Å². The number of amides is 1. The average Bonchev–Trinajstić information content (AvgIpc) is 2.48. The number of aromatic nitrogens is 1. The molecule has 0 saturated carbocycles. The van der Waals surface area contributed by atoms with Gasteiger partial charge in [0.15, 0.2) is 0 Å². The van der Waals surface area contributed by atoms with Crippen LogP contribution in [-0.2, 0) is 0 Å². The molecule has 0 radical (unpaired) electrons. The normalized spacial score (nSPS) is 9.50. The molecule has 1 heterocycles. The molecule has 0 bridgehead atoms. The van der Waals surface area contributed by atoms with Gasteiger partial charge >= 0.3 is 0 Å². The third-order valence-corrected chi connectivity index (χ3v) is 2.46. The van der Waals surface area contributed by atoms with Gasteiger partial charge in [-0.05, 0) is 30.3 Å². The number of anilines is 1. The van der Waals surface area contributed by atoms with Crippen LogP contribution >= 0.6 is 0 Å². The van der Waals surface area contributed by atoms with E-state index in [0.717, 1.165) is 0 Å². The van der Waals surface area contributed by atoms with Crippen molar-refractivity contribution in [3.8, 4) is 11.8 Å². The molecule has 100 valence electrons. The molecule has 0 spiro atoms. The fourth-order valence-corrected chi connectivity index (χ4v) is 1.56. The van der Waals surface area contributed by atoms with Gasteiger partial charge in [-0.25, -0.2) is 4.39 Å². The number of aliphatic hydroxyl groups excluding tert-OH is 1. The quantitative estimate of drug-likeness (QED) is 0.818. The van der Waals surface area contributed by atoms with Gasteiger partial charge in [-0.1, -0.05) is 11.8 Å². The predicted molar refractivity (Wildman–Crippen MR) is 72.6 cm³/mol. The lowest BCUT2D eigenvalue weighted by molar-refractivity contribution is 0.102. The molecule has 0 aliphatic carbocycles. The van der Waals surface area contributed by atoms with Gasteiger partial charge in [0.2, 0.25) is 0 Å². The van der Waals surface area contributed by atoms with Gasteiger partial charge in [-0.3, -0.25) is 9.78 Å². The first kappa shape index (κ1) is 13.7. The van der Waals surface area contributed by atoms with Crippen LogP contribution < -0.4 is 5.32 Å². The summed E-state index contributed by atoms with van der Waals surface area (Å²) in [4.78, 5) is 15.8. The minimum absolute atomic E-state index is 0.302. The third-order valence-electron chi connectivity index (χ3n) is 2.46. The summed E-state index contributed by atoms with van der Waals surface area (Å²) < 4.78 is 13.2. The molecule has 0 aliphatic rings. The average molecular weight is 270 g/mol. The van der Waals surface area contributed by atoms with Gasteiger partial charge in [0.25, 0.3) is 5.91 Å². The molecular formula is C15H11FN2O2. The lowest BCUT2D eigenvalue weighted by Crippen LogP contribution is -2.13. The topological polar surface area (TPSA) is 62.2 Å². The highest BCUT2D eigenvalue weighted by atomic mass is 19.1. The Hall–Kier alpha value is -2.71. The van der Waals surface area contributed by atoms with Gasteiger partial charge in [0.05, 0.1) is 16.8 Å². The van der Waals surface area contributed by atoms with E-state index in [9.17, 15) is 9.18 Å². The molecule has 0 atom stereocenters. The maximum absolute atomic E-state index is 13.2. The number of pyridine rings is 1. The zero-order chi connectivity index (χ0) is 14.4. The van der Waals surface area contributed by atoms with Crippen LogP contribution in [0.15, 0.2) is 42.7 Å². The number of hydrogen-bond donors (Lipinski definition) is 2. The molecule has 2 aromatic rings. The zero-order valence-corrected chi connectivity index (χ0v) is 10.4. The maximum Gasteiger partial charge on any atom is 0.257 e. The predicted octanol–water partition coefficient (Wildman–Crippen LogP) is 1.82. The van der Waals surface area contributed by atoms with Crippen molar-refractivity contribution in [2.24, 2.45) is 0 Å². The van der Waals surface area contributed by atoms with Crippen molar-refractivity contribution in [2.45, 2.75) is 0 Å². The highest BCUT2D eigenvalue weighted by Gasteiger charge is 2.09. The first-order chi connectivity index (χ1) is 9.70. The van der Waals surface area contributed by atoms with E-state index in [1.165, 1.54) is 24.4 Å². The molecule has 4 nitrogen and oxygen atoms in total. The first-order valence-electron chi connectivity index (χ1n) is 5.81. The van der Waals surface area contributed by atoms with E-state index in [1.807, 2.05) is 0 Å². The molecule has 5 heteroatoms. The Morgan fingerprint density at radius 3 is 2.95 bits per heavy atom. The monoisotopic (exact) mass is 270 g/mol. The molecular weight excluding hydrogens is 259 g/mol. The molecule has 0 aliphatic heterocycles. The largest absolute Gasteiger partial charge is 0.384 e. The molecule has 1 aromatic heterocycles. The van der Waals surface area contributed by atoms with Crippen LogP contribution in [0.25, 0.3) is 0 Å². The second kappa shape index (κ2) is 6.45. The summed E-state index contributed by atoms with van der Waals surface area (Å²) in [6.07, 6.45) is 2.99. The summed E-state index contributed by atoms with van der Waals surface area (Å²) >= 11 is 0. The Bertz CT molecular complexity index is 675. The number of carbonyl (C=O) groups is 1. The number of aliphatic hydroxyl groups is 1. The number of nitrogens with zero attached hydrogens (tertiary/aromatic N) is 1. The second-order valence-electron chi connectivity index (χ2n) is 3.85. The highest BCUT2D eigenvalue weighted by Crippen LogP contribution is 2.17. The summed E-state index contributed by atoms with van der Waals surface area (Å²) in [5.41, 5.74) is 1.07. The molecule has 0 fully saturated rings. The number of carbonyl (C=O) groups excluding carboxylic acids is 1. The zero-order valence-electron chi connectivity index (χ0n) is 10.4. The fraction of sp³-hybridized carbons (Fsp3) is 0.0667. The lowest BCUT2D eigenvalue weighted by Gasteiger charge is -2.07. The van der Waals surface area contributed by atoms with Crippen molar-refractivity contribution < 1.29 is 14.3 Å². The van der Waals surface area contributed by atoms with Gasteiger partial charge < -0.3 is 10.4 Å². The van der Waals surface area contributed by atoms with E-state index in [4.69, 9.17) is 5.11 Å². The molecule has 0 saturated heterocycles. The van der Waals surface area contributed by atoms with Crippen LogP contribution in [0, 0.1) is 17.7 Å². The molecule has 2 rings (SSSR count). The Balaban J connectivity index is 2.27. The summed E-state index contributed by atoms with van der Waals surface area (Å²) in [6, 6.07) is 7.10. The van der Waals surface area contributed by atoms with Crippen molar-refractivity contribution in [1.29, 1.82) is 0 Å². The van der Waals surface area contributed by atoms with E-state index in [-0.39, 0.29) is 12.5 Å². The van der Waals surface area contributed by atoms with Crippen LogP contribution in [0.2, 0.25) is 0 Å². The SMILES string of the molecule is O=C(Nc1ccc(F)cc1C#CCO)c1cccnc1. The number of hydrogen-bond acceptors (Lipinski definition) is 3. The highest BCUT2D eigenvalue weighted by molar-refractivity contribution is 6.04.